The molecule has 0 amide bonds. The number of carbonyl (C=O) groups excluding carboxylic acids is 1. The maximum atomic E-state index is 12.1. The SMILES string of the molecule is CCCCNn1cc2c(c(C#N)c1=O)CCCC2=O. The molecule has 5 nitrogen and oxygen atoms in total. The van der Waals surface area contributed by atoms with E-state index in [1.807, 2.05) is 6.07 Å². The molecule has 2 rings (SSSR count). The third-order valence-electron chi connectivity index (χ3n) is 3.37. The second kappa shape index (κ2) is 5.70. The van der Waals surface area contributed by atoms with Crippen molar-refractivity contribution in [3.05, 3.63) is 33.2 Å². The van der Waals surface area contributed by atoms with Crippen LogP contribution >= 0.6 is 0 Å². The minimum atomic E-state index is -0.355. The number of rotatable bonds is 4. The Balaban J connectivity index is 2.46. The molecule has 0 fully saturated rings. The van der Waals surface area contributed by atoms with Gasteiger partial charge in [-0.2, -0.15) is 5.26 Å². The van der Waals surface area contributed by atoms with Gasteiger partial charge in [0, 0.05) is 24.7 Å². The Labute approximate surface area is 111 Å². The van der Waals surface area contributed by atoms with E-state index in [0.29, 0.717) is 36.9 Å². The Morgan fingerprint density at radius 3 is 2.89 bits per heavy atom. The normalized spacial score (nSPS) is 13.8. The molecule has 0 radical (unpaired) electrons. The van der Waals surface area contributed by atoms with Crippen molar-refractivity contribution in [2.75, 3.05) is 12.0 Å². The lowest BCUT2D eigenvalue weighted by atomic mass is 9.89. The number of unbranched alkanes of at least 4 members (excludes halogenated alkanes) is 1. The van der Waals surface area contributed by atoms with Crippen molar-refractivity contribution in [1.82, 2.24) is 4.68 Å². The highest BCUT2D eigenvalue weighted by atomic mass is 16.1. The molecule has 1 heterocycles. The summed E-state index contributed by atoms with van der Waals surface area (Å²) in [4.78, 5) is 24.0. The van der Waals surface area contributed by atoms with Crippen molar-refractivity contribution >= 4 is 5.78 Å². The molecule has 100 valence electrons. The lowest BCUT2D eigenvalue weighted by Crippen LogP contribution is -2.34. The molecule has 1 aliphatic rings. The van der Waals surface area contributed by atoms with E-state index >= 15 is 0 Å². The number of pyridine rings is 1. The molecule has 0 atom stereocenters. The minimum Gasteiger partial charge on any atom is -0.323 e. The molecule has 0 saturated heterocycles. The first kappa shape index (κ1) is 13.3. The number of hydrogen-bond donors (Lipinski definition) is 1. The van der Waals surface area contributed by atoms with Crippen LogP contribution in [-0.2, 0) is 6.42 Å². The van der Waals surface area contributed by atoms with Gasteiger partial charge in [-0.05, 0) is 24.8 Å². The number of carbonyl (C=O) groups is 1. The minimum absolute atomic E-state index is 0.0174. The summed E-state index contributed by atoms with van der Waals surface area (Å²) in [6, 6.07) is 1.95. The van der Waals surface area contributed by atoms with E-state index in [2.05, 4.69) is 12.3 Å². The number of aromatic nitrogens is 1. The summed E-state index contributed by atoms with van der Waals surface area (Å²) in [5, 5.41) is 9.15. The average molecular weight is 259 g/mol. The largest absolute Gasteiger partial charge is 0.323 e. The average Bonchev–Trinajstić information content (AvgIpc) is 2.41. The van der Waals surface area contributed by atoms with Crippen molar-refractivity contribution in [3.63, 3.8) is 0 Å². The van der Waals surface area contributed by atoms with Crippen LogP contribution in [0.2, 0.25) is 0 Å². The van der Waals surface area contributed by atoms with E-state index in [4.69, 9.17) is 5.26 Å². The first-order valence-corrected chi connectivity index (χ1v) is 6.64. The number of fused-ring (bicyclic) bond motifs is 1. The van der Waals surface area contributed by atoms with Crippen molar-refractivity contribution < 1.29 is 4.79 Å². The van der Waals surface area contributed by atoms with Crippen LogP contribution in [0, 0.1) is 11.3 Å². The molecule has 1 aliphatic carbocycles. The van der Waals surface area contributed by atoms with Gasteiger partial charge < -0.3 is 5.43 Å². The van der Waals surface area contributed by atoms with Crippen LogP contribution in [0.3, 0.4) is 0 Å². The van der Waals surface area contributed by atoms with Gasteiger partial charge in [0.2, 0.25) is 0 Å². The number of nitrogens with one attached hydrogen (secondary N) is 1. The monoisotopic (exact) mass is 259 g/mol. The quantitative estimate of drug-likeness (QED) is 0.833. The van der Waals surface area contributed by atoms with E-state index in [0.717, 1.165) is 12.8 Å². The summed E-state index contributed by atoms with van der Waals surface area (Å²) in [7, 11) is 0. The van der Waals surface area contributed by atoms with E-state index in [1.165, 1.54) is 4.68 Å². The van der Waals surface area contributed by atoms with Gasteiger partial charge in [-0.1, -0.05) is 13.3 Å². The fourth-order valence-corrected chi connectivity index (χ4v) is 2.32. The first-order chi connectivity index (χ1) is 9.19. The van der Waals surface area contributed by atoms with E-state index in [9.17, 15) is 9.59 Å². The molecule has 0 saturated carbocycles. The molecular weight excluding hydrogens is 242 g/mol. The third kappa shape index (κ3) is 2.53. The molecule has 1 aromatic heterocycles. The summed E-state index contributed by atoms with van der Waals surface area (Å²) in [5.74, 6) is 0.0174. The van der Waals surface area contributed by atoms with Crippen LogP contribution in [0.1, 0.15) is 54.1 Å². The van der Waals surface area contributed by atoms with Crippen LogP contribution < -0.4 is 11.0 Å². The zero-order valence-corrected chi connectivity index (χ0v) is 11.0. The Morgan fingerprint density at radius 2 is 2.21 bits per heavy atom. The molecule has 19 heavy (non-hydrogen) atoms. The van der Waals surface area contributed by atoms with Gasteiger partial charge in [0.15, 0.2) is 5.78 Å². The number of hydrogen-bond acceptors (Lipinski definition) is 4. The Hall–Kier alpha value is -2.09. The highest BCUT2D eigenvalue weighted by Gasteiger charge is 2.23. The van der Waals surface area contributed by atoms with Crippen LogP contribution in [-0.4, -0.2) is 17.0 Å². The van der Waals surface area contributed by atoms with Crippen molar-refractivity contribution in [1.29, 1.82) is 5.26 Å². The second-order valence-corrected chi connectivity index (χ2v) is 4.72. The van der Waals surface area contributed by atoms with Crippen molar-refractivity contribution in [2.45, 2.75) is 39.0 Å². The molecule has 1 N–H and O–H groups in total. The highest BCUT2D eigenvalue weighted by Crippen LogP contribution is 2.21. The summed E-state index contributed by atoms with van der Waals surface area (Å²) < 4.78 is 1.29. The lowest BCUT2D eigenvalue weighted by Gasteiger charge is -2.18. The van der Waals surface area contributed by atoms with Crippen LogP contribution in [0.25, 0.3) is 0 Å². The summed E-state index contributed by atoms with van der Waals surface area (Å²) in [6.07, 6.45) is 5.33. The number of Topliss-reactive ketones (excluding diaryl/α,β-unsaturated/α-hetero) is 1. The molecule has 0 spiro atoms. The number of ketones is 1. The van der Waals surface area contributed by atoms with Gasteiger partial charge in [0.1, 0.15) is 11.6 Å². The van der Waals surface area contributed by atoms with Crippen molar-refractivity contribution in [2.24, 2.45) is 0 Å². The first-order valence-electron chi connectivity index (χ1n) is 6.64. The van der Waals surface area contributed by atoms with Gasteiger partial charge in [0.25, 0.3) is 5.56 Å². The molecule has 5 heteroatoms. The maximum absolute atomic E-state index is 12.1. The summed E-state index contributed by atoms with van der Waals surface area (Å²) >= 11 is 0. The zero-order valence-electron chi connectivity index (χ0n) is 11.0. The van der Waals surface area contributed by atoms with Gasteiger partial charge in [-0.3, -0.25) is 9.59 Å². The Bertz CT molecular complexity index is 596. The lowest BCUT2D eigenvalue weighted by molar-refractivity contribution is 0.0971. The molecule has 0 unspecified atom stereocenters. The molecule has 0 aliphatic heterocycles. The maximum Gasteiger partial charge on any atom is 0.287 e. The Morgan fingerprint density at radius 1 is 1.42 bits per heavy atom. The fourth-order valence-electron chi connectivity index (χ4n) is 2.32. The summed E-state index contributed by atoms with van der Waals surface area (Å²) in [5.41, 5.74) is 3.85. The highest BCUT2D eigenvalue weighted by molar-refractivity contribution is 5.98. The molecular formula is C14H17N3O2. The smallest absolute Gasteiger partial charge is 0.287 e. The molecule has 0 bridgehead atoms. The van der Waals surface area contributed by atoms with Gasteiger partial charge in [-0.25, -0.2) is 4.68 Å². The summed E-state index contributed by atoms with van der Waals surface area (Å²) in [6.45, 7) is 2.70. The predicted molar refractivity (Wildman–Crippen MR) is 71.8 cm³/mol. The van der Waals surface area contributed by atoms with E-state index in [-0.39, 0.29) is 16.9 Å². The van der Waals surface area contributed by atoms with Gasteiger partial charge in [-0.15, -0.1) is 0 Å². The van der Waals surface area contributed by atoms with Crippen LogP contribution in [0.15, 0.2) is 11.0 Å². The van der Waals surface area contributed by atoms with Crippen LogP contribution in [0.4, 0.5) is 0 Å². The fraction of sp³-hybridized carbons (Fsp3) is 0.500. The number of nitrogens with zero attached hydrogens (tertiary/aromatic N) is 2. The van der Waals surface area contributed by atoms with E-state index in [1.54, 1.807) is 6.20 Å². The van der Waals surface area contributed by atoms with Crippen LogP contribution in [0.5, 0.6) is 0 Å². The van der Waals surface area contributed by atoms with E-state index < -0.39 is 0 Å². The van der Waals surface area contributed by atoms with Gasteiger partial charge >= 0.3 is 0 Å². The van der Waals surface area contributed by atoms with Crippen molar-refractivity contribution in [3.8, 4) is 6.07 Å². The number of nitriles is 1. The predicted octanol–water partition coefficient (Wildman–Crippen LogP) is 1.58. The standard InChI is InChI=1S/C14H17N3O2/c1-2-3-7-16-17-9-12-10(5-4-6-13(12)18)11(8-15)14(17)19/h9,16H,2-7H2,1H3. The zero-order chi connectivity index (χ0) is 13.8. The second-order valence-electron chi connectivity index (χ2n) is 4.72. The molecule has 1 aromatic rings. The molecule has 0 aromatic carbocycles. The third-order valence-corrected chi connectivity index (χ3v) is 3.37. The van der Waals surface area contributed by atoms with Gasteiger partial charge in [0.05, 0.1) is 0 Å². The topological polar surface area (TPSA) is 74.9 Å². The Kier molecular flexibility index (Phi) is 4.00.